The molecule has 0 heterocycles. The molecule has 0 saturated carbocycles. The highest BCUT2D eigenvalue weighted by atomic mass is 16.3. The Bertz CT molecular complexity index is 652. The van der Waals surface area contributed by atoms with Gasteiger partial charge in [-0.05, 0) is 55.4 Å². The fraction of sp³-hybridized carbons (Fsp3) is 0.455. The number of unbranched alkanes of at least 4 members (excludes halogenated alkanes) is 1. The Labute approximate surface area is 147 Å². The molecular weight excluding hydrogens is 296 g/mol. The van der Waals surface area contributed by atoms with E-state index < -0.39 is 0 Å². The van der Waals surface area contributed by atoms with Crippen molar-refractivity contribution in [1.29, 1.82) is 0 Å². The lowest BCUT2D eigenvalue weighted by molar-refractivity contribution is 0.446. The second-order valence-corrected chi connectivity index (χ2v) is 7.51. The van der Waals surface area contributed by atoms with Crippen LogP contribution in [-0.2, 0) is 11.8 Å². The lowest BCUT2D eigenvalue weighted by atomic mass is 9.85. The molecule has 0 radical (unpaired) electrons. The molecule has 2 heteroatoms. The minimum Gasteiger partial charge on any atom is -0.508 e. The van der Waals surface area contributed by atoms with Crippen LogP contribution in [0.3, 0.4) is 0 Å². The highest BCUT2D eigenvalue weighted by Crippen LogP contribution is 2.30. The SMILES string of the molecule is CCCCc1cc(C)ccc1O.Cc1ccc(O)c(C(C)(C)C)c1. The zero-order valence-corrected chi connectivity index (χ0v) is 16.0. The summed E-state index contributed by atoms with van der Waals surface area (Å²) in [5.41, 5.74) is 4.53. The number of phenolic OH excluding ortho intramolecular Hbond substituents is 2. The number of hydrogen-bond donors (Lipinski definition) is 2. The third-order valence-corrected chi connectivity index (χ3v) is 3.99. The van der Waals surface area contributed by atoms with E-state index in [0.717, 1.165) is 24.0 Å². The summed E-state index contributed by atoms with van der Waals surface area (Å²) in [5, 5.41) is 19.0. The molecule has 2 N–H and O–H groups in total. The number of rotatable bonds is 3. The van der Waals surface area contributed by atoms with Gasteiger partial charge in [-0.25, -0.2) is 0 Å². The Kier molecular flexibility index (Phi) is 7.34. The predicted octanol–water partition coefficient (Wildman–Crippen LogP) is 6.04. The molecule has 0 aliphatic rings. The minimum absolute atomic E-state index is 0.0239. The summed E-state index contributed by atoms with van der Waals surface area (Å²) >= 11 is 0. The summed E-state index contributed by atoms with van der Waals surface area (Å²) < 4.78 is 0. The van der Waals surface area contributed by atoms with Crippen molar-refractivity contribution in [1.82, 2.24) is 0 Å². The van der Waals surface area contributed by atoms with E-state index in [0.29, 0.717) is 11.5 Å². The zero-order valence-electron chi connectivity index (χ0n) is 16.0. The van der Waals surface area contributed by atoms with Crippen LogP contribution in [0.4, 0.5) is 0 Å². The van der Waals surface area contributed by atoms with Gasteiger partial charge in [0.05, 0.1) is 0 Å². The average molecular weight is 328 g/mol. The topological polar surface area (TPSA) is 40.5 Å². The molecule has 2 aromatic carbocycles. The van der Waals surface area contributed by atoms with Gasteiger partial charge in [-0.15, -0.1) is 0 Å². The first-order valence-corrected chi connectivity index (χ1v) is 8.73. The van der Waals surface area contributed by atoms with Crippen LogP contribution >= 0.6 is 0 Å². The number of hydrogen-bond acceptors (Lipinski definition) is 2. The number of aromatic hydroxyl groups is 2. The Hall–Kier alpha value is -1.96. The predicted molar refractivity (Wildman–Crippen MR) is 103 cm³/mol. The Balaban J connectivity index is 0.000000240. The van der Waals surface area contributed by atoms with Crippen molar-refractivity contribution in [3.8, 4) is 11.5 Å². The summed E-state index contributed by atoms with van der Waals surface area (Å²) in [6, 6.07) is 11.5. The molecule has 0 unspecified atom stereocenters. The number of aryl methyl sites for hydroxylation is 3. The highest BCUT2D eigenvalue weighted by molar-refractivity contribution is 5.40. The molecule has 2 aromatic rings. The first kappa shape index (κ1) is 20.1. The molecule has 0 atom stereocenters. The first-order chi connectivity index (χ1) is 11.1. The molecular formula is C22H32O2. The quantitative estimate of drug-likeness (QED) is 0.721. The van der Waals surface area contributed by atoms with Crippen LogP contribution in [0.2, 0.25) is 0 Å². The van der Waals surface area contributed by atoms with Crippen LogP contribution in [0.5, 0.6) is 11.5 Å². The average Bonchev–Trinajstić information content (AvgIpc) is 2.50. The van der Waals surface area contributed by atoms with Crippen molar-refractivity contribution >= 4 is 0 Å². The van der Waals surface area contributed by atoms with E-state index in [1.165, 1.54) is 17.5 Å². The maximum absolute atomic E-state index is 9.57. The van der Waals surface area contributed by atoms with Gasteiger partial charge in [0.25, 0.3) is 0 Å². The van der Waals surface area contributed by atoms with E-state index >= 15 is 0 Å². The van der Waals surface area contributed by atoms with Gasteiger partial charge >= 0.3 is 0 Å². The second-order valence-electron chi connectivity index (χ2n) is 7.51. The Morgan fingerprint density at radius 3 is 1.88 bits per heavy atom. The van der Waals surface area contributed by atoms with Gasteiger partial charge in [-0.1, -0.05) is 69.5 Å². The Morgan fingerprint density at radius 2 is 1.38 bits per heavy atom. The van der Waals surface area contributed by atoms with Gasteiger partial charge < -0.3 is 10.2 Å². The number of phenols is 2. The molecule has 2 nitrogen and oxygen atoms in total. The Morgan fingerprint density at radius 1 is 0.833 bits per heavy atom. The lowest BCUT2D eigenvalue weighted by Gasteiger charge is -2.20. The van der Waals surface area contributed by atoms with Crippen LogP contribution in [0.15, 0.2) is 36.4 Å². The number of benzene rings is 2. The molecule has 0 fully saturated rings. The summed E-state index contributed by atoms with van der Waals surface area (Å²) in [5.74, 6) is 0.835. The summed E-state index contributed by atoms with van der Waals surface area (Å²) in [6.07, 6.45) is 3.31. The van der Waals surface area contributed by atoms with Gasteiger partial charge in [0.2, 0.25) is 0 Å². The van der Waals surface area contributed by atoms with E-state index in [9.17, 15) is 10.2 Å². The summed E-state index contributed by atoms with van der Waals surface area (Å²) in [7, 11) is 0. The largest absolute Gasteiger partial charge is 0.508 e. The van der Waals surface area contributed by atoms with E-state index in [4.69, 9.17) is 0 Å². The van der Waals surface area contributed by atoms with E-state index in [1.54, 1.807) is 12.1 Å². The molecule has 0 bridgehead atoms. The maximum Gasteiger partial charge on any atom is 0.119 e. The van der Waals surface area contributed by atoms with Gasteiger partial charge in [0.1, 0.15) is 11.5 Å². The third-order valence-electron chi connectivity index (χ3n) is 3.99. The fourth-order valence-electron chi connectivity index (χ4n) is 2.53. The van der Waals surface area contributed by atoms with Crippen LogP contribution in [-0.4, -0.2) is 10.2 Å². The van der Waals surface area contributed by atoms with E-state index in [-0.39, 0.29) is 5.41 Å². The molecule has 0 saturated heterocycles. The molecule has 0 aliphatic carbocycles. The van der Waals surface area contributed by atoms with Gasteiger partial charge in [-0.3, -0.25) is 0 Å². The van der Waals surface area contributed by atoms with E-state index in [2.05, 4.69) is 40.7 Å². The molecule has 2 rings (SSSR count). The second kappa shape index (κ2) is 8.77. The fourth-order valence-corrected chi connectivity index (χ4v) is 2.53. The van der Waals surface area contributed by atoms with Gasteiger partial charge in [0.15, 0.2) is 0 Å². The van der Waals surface area contributed by atoms with Crippen LogP contribution < -0.4 is 0 Å². The van der Waals surface area contributed by atoms with Crippen molar-refractivity contribution in [2.75, 3.05) is 0 Å². The molecule has 0 amide bonds. The molecule has 132 valence electrons. The van der Waals surface area contributed by atoms with Crippen molar-refractivity contribution < 1.29 is 10.2 Å². The highest BCUT2D eigenvalue weighted by Gasteiger charge is 2.17. The van der Waals surface area contributed by atoms with Crippen molar-refractivity contribution in [2.24, 2.45) is 0 Å². The van der Waals surface area contributed by atoms with Crippen molar-refractivity contribution in [3.05, 3.63) is 58.7 Å². The van der Waals surface area contributed by atoms with Gasteiger partial charge in [-0.2, -0.15) is 0 Å². The van der Waals surface area contributed by atoms with E-state index in [1.807, 2.05) is 25.1 Å². The maximum atomic E-state index is 9.57. The van der Waals surface area contributed by atoms with Crippen LogP contribution in [0, 0.1) is 13.8 Å². The standard InChI is InChI=1S/2C11H16O/c1-8-5-6-10(12)9(7-8)11(2,3)4;1-3-4-5-10-8-9(2)6-7-11(10)12/h5-7,12H,1-4H3;6-8,12H,3-5H2,1-2H3. The summed E-state index contributed by atoms with van der Waals surface area (Å²) in [6.45, 7) is 12.5. The van der Waals surface area contributed by atoms with Crippen LogP contribution in [0.1, 0.15) is 62.8 Å². The monoisotopic (exact) mass is 328 g/mol. The molecule has 0 aromatic heterocycles. The normalized spacial score (nSPS) is 10.9. The lowest BCUT2D eigenvalue weighted by Crippen LogP contribution is -2.11. The van der Waals surface area contributed by atoms with Gasteiger partial charge in [0, 0.05) is 0 Å². The molecule has 0 aliphatic heterocycles. The smallest absolute Gasteiger partial charge is 0.119 e. The molecule has 0 spiro atoms. The first-order valence-electron chi connectivity index (χ1n) is 8.73. The molecule has 24 heavy (non-hydrogen) atoms. The van der Waals surface area contributed by atoms with Crippen molar-refractivity contribution in [3.63, 3.8) is 0 Å². The van der Waals surface area contributed by atoms with Crippen LogP contribution in [0.25, 0.3) is 0 Å². The zero-order chi connectivity index (χ0) is 18.3. The third kappa shape index (κ3) is 6.27. The minimum atomic E-state index is 0.0239. The summed E-state index contributed by atoms with van der Waals surface area (Å²) in [4.78, 5) is 0. The van der Waals surface area contributed by atoms with Crippen molar-refractivity contribution in [2.45, 2.75) is 66.2 Å².